The maximum absolute atomic E-state index is 6.33. The van der Waals surface area contributed by atoms with Gasteiger partial charge in [0, 0.05) is 28.6 Å². The van der Waals surface area contributed by atoms with Gasteiger partial charge in [0.1, 0.15) is 0 Å². The number of halogens is 1. The first-order valence-corrected chi connectivity index (χ1v) is 10.5. The van der Waals surface area contributed by atoms with Crippen LogP contribution >= 0.6 is 11.6 Å². The topological polar surface area (TPSA) is 37.8 Å². The molecule has 6 rings (SSSR count). The van der Waals surface area contributed by atoms with Crippen LogP contribution in [0.3, 0.4) is 0 Å². The van der Waals surface area contributed by atoms with Crippen molar-refractivity contribution in [3.63, 3.8) is 0 Å². The van der Waals surface area contributed by atoms with Crippen LogP contribution < -0.4 is 5.32 Å². The van der Waals surface area contributed by atoms with Crippen molar-refractivity contribution in [2.45, 2.75) is 0 Å². The monoisotopic (exact) mass is 421 g/mol. The van der Waals surface area contributed by atoms with Gasteiger partial charge in [0.2, 0.25) is 0 Å². The summed E-state index contributed by atoms with van der Waals surface area (Å²) >= 11 is 6.33. The predicted molar refractivity (Wildman–Crippen MR) is 133 cm³/mol. The minimum atomic E-state index is 0.788. The van der Waals surface area contributed by atoms with Gasteiger partial charge in [-0.1, -0.05) is 84.4 Å². The number of hydrogen-bond acceptors (Lipinski definition) is 3. The van der Waals surface area contributed by atoms with Crippen molar-refractivity contribution >= 4 is 60.9 Å². The van der Waals surface area contributed by atoms with E-state index in [1.165, 1.54) is 10.8 Å². The highest BCUT2D eigenvalue weighted by Crippen LogP contribution is 2.30. The number of fused-ring (bicyclic) bond motifs is 4. The molecule has 150 valence electrons. The fourth-order valence-electron chi connectivity index (χ4n) is 3.90. The maximum atomic E-state index is 6.33. The van der Waals surface area contributed by atoms with Crippen LogP contribution in [-0.2, 0) is 0 Å². The van der Waals surface area contributed by atoms with Crippen LogP contribution in [0, 0.1) is 0 Å². The minimum Gasteiger partial charge on any atom is -0.387 e. The molecular weight excluding hydrogens is 402 g/mol. The first kappa shape index (κ1) is 19.3. The number of hydrogen-bond donors (Lipinski definition) is 1. The van der Waals surface area contributed by atoms with Gasteiger partial charge < -0.3 is 5.32 Å². The van der Waals surface area contributed by atoms with Gasteiger partial charge in [-0.2, -0.15) is 0 Å². The van der Waals surface area contributed by atoms with Crippen LogP contribution in [0.25, 0.3) is 43.6 Å². The predicted octanol–water partition coefficient (Wildman–Crippen LogP) is 7.47. The Balaban J connectivity index is 0.000000132. The minimum absolute atomic E-state index is 0.788. The van der Waals surface area contributed by atoms with E-state index in [0.29, 0.717) is 0 Å². The Morgan fingerprint density at radius 2 is 0.839 bits per heavy atom. The lowest BCUT2D eigenvalue weighted by Gasteiger charge is -2.09. The Hall–Kier alpha value is -3.69. The van der Waals surface area contributed by atoms with E-state index in [-0.39, 0.29) is 0 Å². The largest absolute Gasteiger partial charge is 0.387 e. The zero-order valence-electron chi connectivity index (χ0n) is 17.0. The second-order valence-corrected chi connectivity index (χ2v) is 7.61. The highest BCUT2D eigenvalue weighted by Gasteiger charge is 2.06. The first-order valence-electron chi connectivity index (χ1n) is 10.1. The molecule has 0 atom stereocenters. The number of anilines is 1. The van der Waals surface area contributed by atoms with E-state index in [9.17, 15) is 0 Å². The summed E-state index contributed by atoms with van der Waals surface area (Å²) in [6, 6.07) is 32.3. The summed E-state index contributed by atoms with van der Waals surface area (Å²) in [6.07, 6.45) is 0. The molecule has 0 aliphatic rings. The number of benzene rings is 4. The molecule has 2 aromatic heterocycles. The van der Waals surface area contributed by atoms with Crippen molar-refractivity contribution in [3.8, 4) is 0 Å². The molecule has 0 spiro atoms. The molecule has 4 aromatic carbocycles. The van der Waals surface area contributed by atoms with Gasteiger partial charge in [0.25, 0.3) is 0 Å². The molecule has 0 bridgehead atoms. The van der Waals surface area contributed by atoms with Crippen molar-refractivity contribution in [3.05, 3.63) is 102 Å². The van der Waals surface area contributed by atoms with Crippen molar-refractivity contribution in [1.29, 1.82) is 0 Å². The fourth-order valence-corrected chi connectivity index (χ4v) is 4.22. The van der Waals surface area contributed by atoms with Crippen LogP contribution in [0.4, 0.5) is 5.69 Å². The Kier molecular flexibility index (Phi) is 5.11. The molecular formula is C27H20ClN3. The Labute approximate surface area is 185 Å². The highest BCUT2D eigenvalue weighted by atomic mass is 35.5. The lowest BCUT2D eigenvalue weighted by Crippen LogP contribution is -1.93. The Morgan fingerprint density at radius 1 is 0.516 bits per heavy atom. The van der Waals surface area contributed by atoms with E-state index in [0.717, 1.165) is 43.5 Å². The molecule has 0 saturated heterocycles. The van der Waals surface area contributed by atoms with Gasteiger partial charge in [0.15, 0.2) is 0 Å². The normalized spacial score (nSPS) is 10.9. The summed E-state index contributed by atoms with van der Waals surface area (Å²) in [7, 11) is 1.95. The molecule has 2 heterocycles. The van der Waals surface area contributed by atoms with E-state index in [4.69, 9.17) is 11.6 Å². The molecule has 0 aliphatic carbocycles. The molecule has 0 radical (unpaired) electrons. The Bertz CT molecular complexity index is 1430. The number of rotatable bonds is 1. The summed E-state index contributed by atoms with van der Waals surface area (Å²) < 4.78 is 0. The maximum Gasteiger partial charge on any atom is 0.0730 e. The zero-order chi connectivity index (χ0) is 21.2. The lowest BCUT2D eigenvalue weighted by molar-refractivity contribution is 1.47. The molecule has 0 unspecified atom stereocenters. The third kappa shape index (κ3) is 3.54. The summed E-state index contributed by atoms with van der Waals surface area (Å²) in [6.45, 7) is 0. The zero-order valence-corrected chi connectivity index (χ0v) is 17.8. The van der Waals surface area contributed by atoms with Gasteiger partial charge in [-0.25, -0.2) is 9.97 Å². The average Bonchev–Trinajstić information content (AvgIpc) is 2.83. The van der Waals surface area contributed by atoms with Gasteiger partial charge in [0.05, 0.1) is 32.8 Å². The third-order valence-electron chi connectivity index (χ3n) is 5.36. The van der Waals surface area contributed by atoms with Gasteiger partial charge in [-0.05, 0) is 24.3 Å². The van der Waals surface area contributed by atoms with E-state index in [1.54, 1.807) is 0 Å². The van der Waals surface area contributed by atoms with Gasteiger partial charge in [-0.15, -0.1) is 0 Å². The third-order valence-corrected chi connectivity index (χ3v) is 5.77. The molecule has 1 N–H and O–H groups in total. The molecule has 0 amide bonds. The number of para-hydroxylation sites is 4. The van der Waals surface area contributed by atoms with Crippen LogP contribution in [0.2, 0.25) is 5.02 Å². The summed E-state index contributed by atoms with van der Waals surface area (Å²) in [5.41, 5.74) is 5.11. The average molecular weight is 422 g/mol. The standard InChI is InChI=1S/C14H12N2.C13H8ClN/c1-15-14-10-6-2-4-8-12(10)16-13-9-5-3-7-11(13)14;14-13-9-5-1-3-7-11(9)15-12-8-4-2-6-10(12)13/h2-9H,1H3,(H,15,16);1-8H. The number of pyridine rings is 2. The molecule has 6 aromatic rings. The van der Waals surface area contributed by atoms with Crippen LogP contribution in [0.1, 0.15) is 0 Å². The molecule has 0 fully saturated rings. The van der Waals surface area contributed by atoms with E-state index < -0.39 is 0 Å². The summed E-state index contributed by atoms with van der Waals surface area (Å²) in [4.78, 5) is 9.20. The van der Waals surface area contributed by atoms with Crippen LogP contribution in [0.15, 0.2) is 97.1 Å². The highest BCUT2D eigenvalue weighted by molar-refractivity contribution is 6.40. The van der Waals surface area contributed by atoms with Crippen molar-refractivity contribution in [2.24, 2.45) is 0 Å². The van der Waals surface area contributed by atoms with Crippen molar-refractivity contribution < 1.29 is 0 Å². The molecule has 0 saturated carbocycles. The van der Waals surface area contributed by atoms with Gasteiger partial charge in [-0.3, -0.25) is 0 Å². The SMILES string of the molecule is CNc1c2ccccc2nc2ccccc12.Clc1c2ccccc2nc2ccccc12. The number of aromatic nitrogens is 2. The van der Waals surface area contributed by atoms with E-state index in [1.807, 2.05) is 92.0 Å². The van der Waals surface area contributed by atoms with Crippen LogP contribution in [0.5, 0.6) is 0 Å². The summed E-state index contributed by atoms with van der Waals surface area (Å²) in [5.74, 6) is 0. The van der Waals surface area contributed by atoms with Crippen LogP contribution in [-0.4, -0.2) is 17.0 Å². The van der Waals surface area contributed by atoms with E-state index >= 15 is 0 Å². The molecule has 3 nitrogen and oxygen atoms in total. The van der Waals surface area contributed by atoms with Crippen molar-refractivity contribution in [2.75, 3.05) is 12.4 Å². The first-order chi connectivity index (χ1) is 15.3. The number of nitrogens with one attached hydrogen (secondary N) is 1. The molecule has 4 heteroatoms. The van der Waals surface area contributed by atoms with Crippen molar-refractivity contribution in [1.82, 2.24) is 9.97 Å². The van der Waals surface area contributed by atoms with Gasteiger partial charge >= 0.3 is 0 Å². The lowest BCUT2D eigenvalue weighted by atomic mass is 10.1. The number of nitrogens with zero attached hydrogens (tertiary/aromatic N) is 2. The second kappa shape index (κ2) is 8.21. The molecule has 0 aliphatic heterocycles. The summed E-state index contributed by atoms with van der Waals surface area (Å²) in [5, 5.41) is 8.43. The second-order valence-electron chi connectivity index (χ2n) is 7.23. The fraction of sp³-hybridized carbons (Fsp3) is 0.0370. The van der Waals surface area contributed by atoms with E-state index in [2.05, 4.69) is 27.4 Å². The Morgan fingerprint density at radius 3 is 1.23 bits per heavy atom. The quantitative estimate of drug-likeness (QED) is 0.280. The smallest absolute Gasteiger partial charge is 0.0730 e. The molecule has 31 heavy (non-hydrogen) atoms.